The first-order chi connectivity index (χ1) is 9.24. The number of carbonyl (C=O) groups is 3. The summed E-state index contributed by atoms with van der Waals surface area (Å²) in [5.41, 5.74) is -0.625. The molecule has 1 fully saturated rings. The molecule has 0 spiro atoms. The van der Waals surface area contributed by atoms with Crippen molar-refractivity contribution in [2.45, 2.75) is 45.3 Å². The third kappa shape index (κ3) is 4.71. The van der Waals surface area contributed by atoms with Crippen LogP contribution < -0.4 is 0 Å². The van der Waals surface area contributed by atoms with E-state index >= 15 is 0 Å². The average Bonchev–Trinajstić information content (AvgIpc) is 2.82. The van der Waals surface area contributed by atoms with E-state index in [1.165, 1.54) is 12.0 Å². The molecule has 114 valence electrons. The molecule has 0 aliphatic carbocycles. The van der Waals surface area contributed by atoms with Crippen molar-refractivity contribution in [3.63, 3.8) is 0 Å². The number of amides is 1. The minimum atomic E-state index is -0.700. The van der Waals surface area contributed by atoms with Crippen LogP contribution in [0.2, 0.25) is 0 Å². The topological polar surface area (TPSA) is 82.1 Å². The summed E-state index contributed by atoms with van der Waals surface area (Å²) in [7, 11) is 1.21. The van der Waals surface area contributed by atoms with Crippen molar-refractivity contribution in [3.05, 3.63) is 0 Å². The number of rotatable bonds is 3. The summed E-state index contributed by atoms with van der Waals surface area (Å²) in [6, 6.07) is -0.700. The van der Waals surface area contributed by atoms with E-state index in [0.29, 0.717) is 19.4 Å². The number of carbonyl (C=O) groups excluding carboxylic acids is 3. The molecule has 0 saturated carbocycles. The fourth-order valence-electron chi connectivity index (χ4n) is 1.84. The molecule has 1 saturated heterocycles. The number of nitrogens with zero attached hydrogens (tertiary/aromatic N) is 1. The molecule has 0 aromatic heterocycles. The van der Waals surface area contributed by atoms with Gasteiger partial charge in [0.1, 0.15) is 11.6 Å². The van der Waals surface area contributed by atoms with Crippen LogP contribution in [0.3, 0.4) is 0 Å². The summed E-state index contributed by atoms with van der Waals surface area (Å²) in [4.78, 5) is 36.1. The van der Waals surface area contributed by atoms with Crippen LogP contribution in [0.4, 0.5) is 4.79 Å². The second-order valence-electron chi connectivity index (χ2n) is 5.52. The summed E-state index contributed by atoms with van der Waals surface area (Å²) in [5.74, 6) is -1.25. The quantitative estimate of drug-likeness (QED) is 0.571. The molecule has 0 radical (unpaired) electrons. The molecule has 0 unspecified atom stereocenters. The van der Waals surface area contributed by atoms with Gasteiger partial charge in [0, 0.05) is 6.54 Å². The minimum absolute atomic E-state index is 0.437. The summed E-state index contributed by atoms with van der Waals surface area (Å²) in [6.45, 7) is 5.25. The van der Waals surface area contributed by atoms with Crippen molar-refractivity contribution in [3.8, 4) is 0 Å². The molecule has 0 aromatic carbocycles. The Morgan fingerprint density at radius 1 is 1.25 bits per heavy atom. The minimum Gasteiger partial charge on any atom is -0.466 e. The Balaban J connectivity index is 2.58. The van der Waals surface area contributed by atoms with Crippen molar-refractivity contribution >= 4 is 18.0 Å². The molecule has 7 nitrogen and oxygen atoms in total. The third-order valence-electron chi connectivity index (χ3n) is 2.71. The van der Waals surface area contributed by atoms with Gasteiger partial charge in [0.15, 0.2) is 6.61 Å². The lowest BCUT2D eigenvalue weighted by molar-refractivity contribution is -0.159. The van der Waals surface area contributed by atoms with Crippen LogP contribution >= 0.6 is 0 Å². The third-order valence-corrected chi connectivity index (χ3v) is 2.71. The lowest BCUT2D eigenvalue weighted by atomic mass is 10.2. The van der Waals surface area contributed by atoms with Crippen LogP contribution in [0, 0.1) is 0 Å². The maximum Gasteiger partial charge on any atom is 0.411 e. The molecule has 0 aromatic rings. The van der Waals surface area contributed by atoms with E-state index in [0.717, 1.165) is 0 Å². The largest absolute Gasteiger partial charge is 0.466 e. The van der Waals surface area contributed by atoms with Gasteiger partial charge in [-0.2, -0.15) is 0 Å². The summed E-state index contributed by atoms with van der Waals surface area (Å²) >= 11 is 0. The molecule has 7 heteroatoms. The van der Waals surface area contributed by atoms with E-state index < -0.39 is 36.3 Å². The Labute approximate surface area is 118 Å². The Morgan fingerprint density at radius 3 is 2.45 bits per heavy atom. The van der Waals surface area contributed by atoms with Gasteiger partial charge in [-0.05, 0) is 33.6 Å². The smallest absolute Gasteiger partial charge is 0.411 e. The predicted octanol–water partition coefficient (Wildman–Crippen LogP) is 1.10. The highest BCUT2D eigenvalue weighted by molar-refractivity contribution is 5.84. The molecule has 1 aliphatic rings. The average molecular weight is 287 g/mol. The van der Waals surface area contributed by atoms with Gasteiger partial charge in [-0.1, -0.05) is 0 Å². The van der Waals surface area contributed by atoms with Gasteiger partial charge in [-0.15, -0.1) is 0 Å². The number of esters is 2. The molecule has 20 heavy (non-hydrogen) atoms. The maximum atomic E-state index is 12.0. The Hall–Kier alpha value is -1.79. The van der Waals surface area contributed by atoms with Gasteiger partial charge in [-0.3, -0.25) is 4.90 Å². The summed E-state index contributed by atoms with van der Waals surface area (Å²) in [6.07, 6.45) is 0.645. The van der Waals surface area contributed by atoms with Crippen LogP contribution in [0.25, 0.3) is 0 Å². The van der Waals surface area contributed by atoms with Gasteiger partial charge in [-0.25, -0.2) is 14.4 Å². The Morgan fingerprint density at radius 2 is 1.90 bits per heavy atom. The molecule has 0 bridgehead atoms. The molecule has 0 N–H and O–H groups in total. The normalized spacial score (nSPS) is 18.6. The first-order valence-electron chi connectivity index (χ1n) is 6.47. The predicted molar refractivity (Wildman–Crippen MR) is 68.9 cm³/mol. The van der Waals surface area contributed by atoms with Gasteiger partial charge >= 0.3 is 18.0 Å². The Kier molecular flexibility index (Phi) is 5.35. The lowest BCUT2D eigenvalue weighted by Gasteiger charge is -2.27. The van der Waals surface area contributed by atoms with Crippen LogP contribution in [0.1, 0.15) is 33.6 Å². The fourth-order valence-corrected chi connectivity index (χ4v) is 1.84. The monoisotopic (exact) mass is 287 g/mol. The molecule has 1 heterocycles. The molecular weight excluding hydrogens is 266 g/mol. The van der Waals surface area contributed by atoms with E-state index in [2.05, 4.69) is 4.74 Å². The zero-order chi connectivity index (χ0) is 15.3. The van der Waals surface area contributed by atoms with Gasteiger partial charge in [0.2, 0.25) is 0 Å². The van der Waals surface area contributed by atoms with Crippen LogP contribution in [0.5, 0.6) is 0 Å². The summed E-state index contributed by atoms with van der Waals surface area (Å²) in [5, 5.41) is 0. The second kappa shape index (κ2) is 6.58. The van der Waals surface area contributed by atoms with E-state index in [1.54, 1.807) is 20.8 Å². The zero-order valence-corrected chi connectivity index (χ0v) is 12.3. The highest BCUT2D eigenvalue weighted by atomic mass is 16.6. The fraction of sp³-hybridized carbons (Fsp3) is 0.769. The van der Waals surface area contributed by atoms with E-state index in [9.17, 15) is 14.4 Å². The first-order valence-corrected chi connectivity index (χ1v) is 6.47. The second-order valence-corrected chi connectivity index (χ2v) is 5.52. The van der Waals surface area contributed by atoms with Crippen LogP contribution in [-0.2, 0) is 23.8 Å². The van der Waals surface area contributed by atoms with Crippen molar-refractivity contribution in [2.24, 2.45) is 0 Å². The molecule has 1 amide bonds. The van der Waals surface area contributed by atoms with Crippen LogP contribution in [-0.4, -0.2) is 54.8 Å². The SMILES string of the molecule is COC(=O)COC(=O)[C@@H]1CCCN1C(=O)OC(C)(C)C. The lowest BCUT2D eigenvalue weighted by Crippen LogP contribution is -2.44. The van der Waals surface area contributed by atoms with Crippen molar-refractivity contribution in [1.29, 1.82) is 0 Å². The van der Waals surface area contributed by atoms with Gasteiger partial charge in [0.05, 0.1) is 7.11 Å². The number of ether oxygens (including phenoxy) is 3. The maximum absolute atomic E-state index is 12.0. The highest BCUT2D eigenvalue weighted by Gasteiger charge is 2.37. The van der Waals surface area contributed by atoms with Crippen LogP contribution in [0.15, 0.2) is 0 Å². The number of hydrogen-bond acceptors (Lipinski definition) is 6. The number of methoxy groups -OCH3 is 1. The van der Waals surface area contributed by atoms with Crippen molar-refractivity contribution in [1.82, 2.24) is 4.90 Å². The van der Waals surface area contributed by atoms with Crippen molar-refractivity contribution < 1.29 is 28.6 Å². The zero-order valence-electron chi connectivity index (χ0n) is 12.3. The van der Waals surface area contributed by atoms with E-state index in [-0.39, 0.29) is 0 Å². The molecule has 1 rings (SSSR count). The van der Waals surface area contributed by atoms with Crippen molar-refractivity contribution in [2.75, 3.05) is 20.3 Å². The van der Waals surface area contributed by atoms with E-state index in [1.807, 2.05) is 0 Å². The molecular formula is C13H21NO6. The highest BCUT2D eigenvalue weighted by Crippen LogP contribution is 2.21. The first kappa shape index (κ1) is 16.3. The van der Waals surface area contributed by atoms with Gasteiger partial charge < -0.3 is 14.2 Å². The van der Waals surface area contributed by atoms with Gasteiger partial charge in [0.25, 0.3) is 0 Å². The number of hydrogen-bond donors (Lipinski definition) is 0. The van der Waals surface area contributed by atoms with E-state index in [4.69, 9.17) is 9.47 Å². The molecule has 1 atom stereocenters. The molecule has 1 aliphatic heterocycles. The summed E-state index contributed by atoms with van der Waals surface area (Å²) < 4.78 is 14.4. The number of likely N-dealkylation sites (tertiary alicyclic amines) is 1. The Bertz CT molecular complexity index is 387. The standard InChI is InChI=1S/C13H21NO6/c1-13(2,3)20-12(17)14-7-5-6-9(14)11(16)19-8-10(15)18-4/h9H,5-8H2,1-4H3/t9-/m0/s1.